The van der Waals surface area contributed by atoms with Crippen molar-refractivity contribution in [3.63, 3.8) is 0 Å². The van der Waals surface area contributed by atoms with Crippen molar-refractivity contribution in [2.75, 3.05) is 6.61 Å². The van der Waals surface area contributed by atoms with Gasteiger partial charge in [0, 0.05) is 21.5 Å². The Morgan fingerprint density at radius 1 is 1.03 bits per heavy atom. The lowest BCUT2D eigenvalue weighted by Gasteiger charge is -2.14. The minimum atomic E-state index is -4.10. The molecule has 0 radical (unpaired) electrons. The number of carboxylic acid groups (broad SMARTS) is 1. The number of ether oxygens (including phenoxy) is 1. The molecule has 5 aromatic rings. The molecule has 0 atom stereocenters. The van der Waals surface area contributed by atoms with E-state index in [0.717, 1.165) is 0 Å². The minimum absolute atomic E-state index is 0.0565. The first kappa shape index (κ1) is 24.6. The fourth-order valence-electron chi connectivity index (χ4n) is 4.20. The van der Waals surface area contributed by atoms with Crippen molar-refractivity contribution in [3.05, 3.63) is 94.8 Å². The number of carbonyl (C=O) groups is 1. The molecule has 0 bridgehead atoms. The van der Waals surface area contributed by atoms with E-state index in [4.69, 9.17) is 21.4 Å². The molecule has 0 saturated carbocycles. The maximum Gasteiger partial charge on any atom is 0.341 e. The fourth-order valence-corrected chi connectivity index (χ4v) is 6.69. The number of carboxylic acids is 1. The molecular weight excluding hydrogens is 532 g/mol. The number of halogens is 1. The zero-order valence-electron chi connectivity index (χ0n) is 19.0. The van der Waals surface area contributed by atoms with Gasteiger partial charge in [0.15, 0.2) is 6.61 Å². The lowest BCUT2D eigenvalue weighted by molar-refractivity contribution is -0.139. The molecule has 0 fully saturated rings. The summed E-state index contributed by atoms with van der Waals surface area (Å²) in [6, 6.07) is 23.6. The Morgan fingerprint density at radius 2 is 1.78 bits per heavy atom. The normalized spacial score (nSPS) is 11.4. The van der Waals surface area contributed by atoms with Crippen LogP contribution in [-0.4, -0.2) is 30.1 Å². The number of rotatable bonds is 7. The van der Waals surface area contributed by atoms with Gasteiger partial charge in [0.05, 0.1) is 21.0 Å². The molecule has 37 heavy (non-hydrogen) atoms. The molecule has 0 amide bonds. The van der Waals surface area contributed by atoms with Crippen LogP contribution >= 0.6 is 22.9 Å². The molecule has 184 valence electrons. The molecule has 7 nitrogen and oxygen atoms in total. The summed E-state index contributed by atoms with van der Waals surface area (Å²) >= 11 is 7.38. The number of hydrogen-bond donors (Lipinski definition) is 1. The lowest BCUT2D eigenvalue weighted by atomic mass is 9.96. The molecule has 0 unspecified atom stereocenters. The Bertz CT molecular complexity index is 1790. The van der Waals surface area contributed by atoms with Gasteiger partial charge in [0.2, 0.25) is 0 Å². The van der Waals surface area contributed by atoms with Crippen molar-refractivity contribution in [2.24, 2.45) is 0 Å². The van der Waals surface area contributed by atoms with Crippen LogP contribution in [0.3, 0.4) is 0 Å². The van der Waals surface area contributed by atoms with Crippen LogP contribution in [0.4, 0.5) is 0 Å². The van der Waals surface area contributed by atoms with Crippen LogP contribution in [0.15, 0.2) is 89.1 Å². The number of aliphatic carboxylic acids is 1. The second-order valence-electron chi connectivity index (χ2n) is 7.91. The summed E-state index contributed by atoms with van der Waals surface area (Å²) in [6.07, 6.45) is 0. The van der Waals surface area contributed by atoms with Gasteiger partial charge in [-0.1, -0.05) is 48.0 Å². The summed E-state index contributed by atoms with van der Waals surface area (Å²) in [7, 11) is -4.10. The third-order valence-electron chi connectivity index (χ3n) is 5.70. The van der Waals surface area contributed by atoms with E-state index in [1.807, 2.05) is 17.5 Å². The van der Waals surface area contributed by atoms with Gasteiger partial charge in [-0.05, 0) is 47.8 Å². The summed E-state index contributed by atoms with van der Waals surface area (Å²) in [5.74, 6) is -1.09. The predicted molar refractivity (Wildman–Crippen MR) is 143 cm³/mol. The number of nitrogens with zero attached hydrogens (tertiary/aromatic N) is 2. The zero-order valence-corrected chi connectivity index (χ0v) is 21.3. The van der Waals surface area contributed by atoms with Crippen LogP contribution in [0.2, 0.25) is 5.02 Å². The van der Waals surface area contributed by atoms with Crippen molar-refractivity contribution in [2.45, 2.75) is 4.90 Å². The van der Waals surface area contributed by atoms with E-state index in [2.05, 4.69) is 6.07 Å². The highest BCUT2D eigenvalue weighted by atomic mass is 35.5. The molecule has 0 spiro atoms. The van der Waals surface area contributed by atoms with E-state index in [1.54, 1.807) is 36.4 Å². The molecule has 2 aromatic heterocycles. The Balaban J connectivity index is 1.89. The number of thiophene rings is 1. The molecular formula is C27H17ClN2O5S2. The highest BCUT2D eigenvalue weighted by Gasteiger charge is 2.30. The van der Waals surface area contributed by atoms with Crippen LogP contribution in [0.25, 0.3) is 32.6 Å². The number of hydrogen-bond acceptors (Lipinski definition) is 6. The van der Waals surface area contributed by atoms with Crippen molar-refractivity contribution < 1.29 is 23.1 Å². The zero-order chi connectivity index (χ0) is 26.2. The first-order chi connectivity index (χ1) is 17.8. The molecule has 0 aliphatic carbocycles. The van der Waals surface area contributed by atoms with Gasteiger partial charge >= 0.3 is 5.97 Å². The van der Waals surface area contributed by atoms with E-state index in [9.17, 15) is 18.5 Å². The SMILES string of the molecule is N#Cc1c(OCC(=O)O)cccc1-c1c(-c2cccs2)n(S(=O)(=O)c2ccc(Cl)cc2)c2ccccc12. The summed E-state index contributed by atoms with van der Waals surface area (Å²) < 4.78 is 34.9. The lowest BCUT2D eigenvalue weighted by Crippen LogP contribution is -2.14. The molecule has 0 aliphatic rings. The fraction of sp³-hybridized carbons (Fsp3) is 0.0370. The summed E-state index contributed by atoms with van der Waals surface area (Å²) in [5.41, 5.74) is 1.87. The maximum atomic E-state index is 14.1. The Kier molecular flexibility index (Phi) is 6.48. The van der Waals surface area contributed by atoms with Crippen LogP contribution in [0.5, 0.6) is 5.75 Å². The van der Waals surface area contributed by atoms with E-state index >= 15 is 0 Å². The van der Waals surface area contributed by atoms with Crippen LogP contribution in [0.1, 0.15) is 5.56 Å². The Labute approximate surface area is 221 Å². The van der Waals surface area contributed by atoms with Gasteiger partial charge in [0.1, 0.15) is 17.4 Å². The first-order valence-electron chi connectivity index (χ1n) is 10.9. The predicted octanol–water partition coefficient (Wildman–Crippen LogP) is 6.26. The van der Waals surface area contributed by atoms with Crippen LogP contribution in [0, 0.1) is 11.3 Å². The number of benzene rings is 3. The number of fused-ring (bicyclic) bond motifs is 1. The smallest absolute Gasteiger partial charge is 0.341 e. The quantitative estimate of drug-likeness (QED) is 0.257. The van der Waals surface area contributed by atoms with E-state index in [0.29, 0.717) is 37.6 Å². The molecule has 3 aromatic carbocycles. The monoisotopic (exact) mass is 548 g/mol. The van der Waals surface area contributed by atoms with Gasteiger partial charge in [-0.15, -0.1) is 11.3 Å². The second-order valence-corrected chi connectivity index (χ2v) is 11.1. The highest BCUT2D eigenvalue weighted by molar-refractivity contribution is 7.90. The summed E-state index contributed by atoms with van der Waals surface area (Å²) in [5, 5.41) is 22.0. The third-order valence-corrected chi connectivity index (χ3v) is 8.55. The average Bonchev–Trinajstić information content (AvgIpc) is 3.53. The van der Waals surface area contributed by atoms with E-state index in [-0.39, 0.29) is 16.2 Å². The highest BCUT2D eigenvalue weighted by Crippen LogP contribution is 2.46. The van der Waals surface area contributed by atoms with E-state index < -0.39 is 22.6 Å². The van der Waals surface area contributed by atoms with Crippen molar-refractivity contribution >= 4 is 49.8 Å². The molecule has 10 heteroatoms. The van der Waals surface area contributed by atoms with Crippen LogP contribution < -0.4 is 4.74 Å². The van der Waals surface area contributed by atoms with Crippen molar-refractivity contribution in [3.8, 4) is 33.5 Å². The van der Waals surface area contributed by atoms with Gasteiger partial charge in [-0.2, -0.15) is 5.26 Å². The number of para-hydroxylation sites is 1. The number of aromatic nitrogens is 1. The average molecular weight is 549 g/mol. The standard InChI is InChI=1S/C27H17ClN2O5S2/c28-17-10-12-18(13-11-17)37(33,34)30-22-7-2-1-5-20(22)26(27(30)24-9-4-14-36-24)19-6-3-8-23(21(19)15-29)35-16-25(31)32/h1-14H,16H2,(H,31,32). The molecule has 0 saturated heterocycles. The maximum absolute atomic E-state index is 14.1. The molecule has 2 heterocycles. The van der Waals surface area contributed by atoms with Crippen molar-refractivity contribution in [1.29, 1.82) is 5.26 Å². The Hall–Kier alpha value is -4.10. The topological polar surface area (TPSA) is 109 Å². The number of nitriles is 1. The van der Waals surface area contributed by atoms with Gasteiger partial charge in [-0.25, -0.2) is 17.2 Å². The van der Waals surface area contributed by atoms with Crippen molar-refractivity contribution in [1.82, 2.24) is 3.97 Å². The molecule has 0 aliphatic heterocycles. The van der Waals surface area contributed by atoms with Gasteiger partial charge in [-0.3, -0.25) is 0 Å². The Morgan fingerprint density at radius 3 is 2.46 bits per heavy atom. The van der Waals surface area contributed by atoms with Gasteiger partial charge < -0.3 is 9.84 Å². The van der Waals surface area contributed by atoms with Gasteiger partial charge in [0.25, 0.3) is 10.0 Å². The van der Waals surface area contributed by atoms with Crippen LogP contribution in [-0.2, 0) is 14.8 Å². The molecule has 5 rings (SSSR count). The molecule has 1 N–H and O–H groups in total. The second kappa shape index (κ2) is 9.75. The third kappa shape index (κ3) is 4.36. The minimum Gasteiger partial charge on any atom is -0.481 e. The first-order valence-corrected chi connectivity index (χ1v) is 13.6. The van der Waals surface area contributed by atoms with E-state index in [1.165, 1.54) is 45.6 Å². The summed E-state index contributed by atoms with van der Waals surface area (Å²) in [6.45, 7) is -0.622. The summed E-state index contributed by atoms with van der Waals surface area (Å²) in [4.78, 5) is 11.8. The largest absolute Gasteiger partial charge is 0.481 e.